The maximum absolute atomic E-state index is 8.32. The van der Waals surface area contributed by atoms with Gasteiger partial charge < -0.3 is 9.15 Å². The van der Waals surface area contributed by atoms with Crippen LogP contribution in [0.5, 0.6) is 5.75 Å². The van der Waals surface area contributed by atoms with Crippen LogP contribution in [0.2, 0.25) is 0 Å². The van der Waals surface area contributed by atoms with Crippen LogP contribution in [-0.4, -0.2) is 16.5 Å². The van der Waals surface area contributed by atoms with Gasteiger partial charge in [0.2, 0.25) is 0 Å². The SMILES string of the molecule is COc1ccc(-c2cn3c(=N)c4ccccc4nc3o2)cc1. The minimum absolute atomic E-state index is 0.365. The fourth-order valence-electron chi connectivity index (χ4n) is 2.48. The van der Waals surface area contributed by atoms with Crippen molar-refractivity contribution < 1.29 is 9.15 Å². The monoisotopic (exact) mass is 291 g/mol. The van der Waals surface area contributed by atoms with E-state index in [0.29, 0.717) is 17.1 Å². The van der Waals surface area contributed by atoms with E-state index in [9.17, 15) is 0 Å². The van der Waals surface area contributed by atoms with Crippen molar-refractivity contribution >= 4 is 16.7 Å². The van der Waals surface area contributed by atoms with Gasteiger partial charge >= 0.3 is 5.84 Å². The Kier molecular flexibility index (Phi) is 2.72. The van der Waals surface area contributed by atoms with Gasteiger partial charge in [0.15, 0.2) is 5.76 Å². The largest absolute Gasteiger partial charge is 0.497 e. The molecule has 0 saturated heterocycles. The Morgan fingerprint density at radius 3 is 2.64 bits per heavy atom. The molecule has 0 aliphatic carbocycles. The van der Waals surface area contributed by atoms with Gasteiger partial charge in [-0.1, -0.05) is 12.1 Å². The lowest BCUT2D eigenvalue weighted by atomic mass is 10.2. The maximum atomic E-state index is 8.32. The standard InChI is InChI=1S/C17H13N3O2/c1-21-12-8-6-11(7-9-12)15-10-20-16(18)13-4-2-3-5-14(13)19-17(20)22-15/h2-10,18H,1H3. The molecule has 5 nitrogen and oxygen atoms in total. The lowest BCUT2D eigenvalue weighted by Crippen LogP contribution is -2.12. The van der Waals surface area contributed by atoms with Gasteiger partial charge in [0.05, 0.1) is 18.8 Å². The molecule has 0 unspecified atom stereocenters. The molecule has 0 spiro atoms. The fourth-order valence-corrected chi connectivity index (χ4v) is 2.48. The lowest BCUT2D eigenvalue weighted by molar-refractivity contribution is 0.415. The molecule has 2 heterocycles. The highest BCUT2D eigenvalue weighted by Crippen LogP contribution is 2.24. The number of oxazole rings is 1. The van der Waals surface area contributed by atoms with Gasteiger partial charge in [-0.25, -0.2) is 0 Å². The van der Waals surface area contributed by atoms with Crippen molar-refractivity contribution in [2.45, 2.75) is 0 Å². The molecule has 22 heavy (non-hydrogen) atoms. The summed E-state index contributed by atoms with van der Waals surface area (Å²) >= 11 is 0. The highest BCUT2D eigenvalue weighted by atomic mass is 16.5. The molecular weight excluding hydrogens is 278 g/mol. The Labute approximate surface area is 125 Å². The van der Waals surface area contributed by atoms with Crippen molar-refractivity contribution in [3.8, 4) is 17.1 Å². The molecule has 2 aromatic heterocycles. The van der Waals surface area contributed by atoms with Crippen molar-refractivity contribution in [1.82, 2.24) is 9.38 Å². The van der Waals surface area contributed by atoms with Crippen LogP contribution in [0.3, 0.4) is 0 Å². The predicted molar refractivity (Wildman–Crippen MR) is 82.8 cm³/mol. The van der Waals surface area contributed by atoms with E-state index >= 15 is 0 Å². The zero-order valence-corrected chi connectivity index (χ0v) is 11.9. The molecule has 4 rings (SSSR count). The summed E-state index contributed by atoms with van der Waals surface area (Å²) in [5.74, 6) is 1.87. The normalized spacial score (nSPS) is 11.1. The van der Waals surface area contributed by atoms with E-state index in [4.69, 9.17) is 14.6 Å². The zero-order valence-electron chi connectivity index (χ0n) is 11.9. The van der Waals surface area contributed by atoms with Gasteiger partial charge in [-0.05, 0) is 36.4 Å². The minimum atomic E-state index is 0.365. The molecule has 5 heteroatoms. The third-order valence-electron chi connectivity index (χ3n) is 3.64. The molecule has 0 atom stereocenters. The van der Waals surface area contributed by atoms with Gasteiger partial charge in [-0.15, -0.1) is 0 Å². The van der Waals surface area contributed by atoms with E-state index in [-0.39, 0.29) is 0 Å². The van der Waals surface area contributed by atoms with Crippen LogP contribution in [0.4, 0.5) is 0 Å². The summed E-state index contributed by atoms with van der Waals surface area (Å²) in [5.41, 5.74) is 2.03. The highest BCUT2D eigenvalue weighted by molar-refractivity contribution is 5.78. The zero-order chi connectivity index (χ0) is 15.1. The van der Waals surface area contributed by atoms with Crippen LogP contribution in [0.25, 0.3) is 28.1 Å². The number of nitrogens with one attached hydrogen (secondary N) is 1. The topological polar surface area (TPSA) is 63.5 Å². The second kappa shape index (κ2) is 4.73. The fraction of sp³-hybridized carbons (Fsp3) is 0.0588. The summed E-state index contributed by atoms with van der Waals surface area (Å²) in [5, 5.41) is 9.11. The third-order valence-corrected chi connectivity index (χ3v) is 3.64. The van der Waals surface area contributed by atoms with Crippen molar-refractivity contribution in [1.29, 1.82) is 5.41 Å². The van der Waals surface area contributed by atoms with Crippen LogP contribution >= 0.6 is 0 Å². The summed E-state index contributed by atoms with van der Waals surface area (Å²) in [6.45, 7) is 0. The molecule has 1 N–H and O–H groups in total. The van der Waals surface area contributed by atoms with E-state index in [1.165, 1.54) is 0 Å². The first-order valence-electron chi connectivity index (χ1n) is 6.86. The number of hydrogen-bond acceptors (Lipinski definition) is 4. The van der Waals surface area contributed by atoms with Crippen LogP contribution in [0.1, 0.15) is 0 Å². The Hall–Kier alpha value is -3.08. The smallest absolute Gasteiger partial charge is 0.308 e. The summed E-state index contributed by atoms with van der Waals surface area (Å²) in [6, 6.07) is 15.1. The van der Waals surface area contributed by atoms with Crippen molar-refractivity contribution in [2.75, 3.05) is 7.11 Å². The molecule has 4 aromatic rings. The van der Waals surface area contributed by atoms with Gasteiger partial charge in [0, 0.05) is 10.9 Å². The van der Waals surface area contributed by atoms with Crippen molar-refractivity contribution in [3.05, 3.63) is 60.2 Å². The quantitative estimate of drug-likeness (QED) is 0.616. The van der Waals surface area contributed by atoms with E-state index in [2.05, 4.69) is 4.98 Å². The predicted octanol–water partition coefficient (Wildman–Crippen LogP) is 3.24. The van der Waals surface area contributed by atoms with E-state index in [0.717, 1.165) is 22.2 Å². The van der Waals surface area contributed by atoms with Gasteiger partial charge in [0.25, 0.3) is 0 Å². The first kappa shape index (κ1) is 12.6. The molecule has 0 aliphatic rings. The molecular formula is C17H13N3O2. The number of methoxy groups -OCH3 is 1. The van der Waals surface area contributed by atoms with Crippen LogP contribution in [0.15, 0.2) is 59.1 Å². The average molecular weight is 291 g/mol. The number of benzene rings is 2. The lowest BCUT2D eigenvalue weighted by Gasteiger charge is -1.99. The Bertz CT molecular complexity index is 1030. The van der Waals surface area contributed by atoms with Crippen LogP contribution in [0, 0.1) is 5.41 Å². The van der Waals surface area contributed by atoms with E-state index in [1.807, 2.05) is 48.5 Å². The molecule has 0 radical (unpaired) electrons. The number of rotatable bonds is 2. The first-order chi connectivity index (χ1) is 10.8. The molecule has 0 fully saturated rings. The van der Waals surface area contributed by atoms with Crippen LogP contribution < -0.4 is 10.2 Å². The van der Waals surface area contributed by atoms with E-state index in [1.54, 1.807) is 17.7 Å². The summed E-state index contributed by atoms with van der Waals surface area (Å²) < 4.78 is 12.6. The van der Waals surface area contributed by atoms with Crippen molar-refractivity contribution in [2.24, 2.45) is 0 Å². The maximum Gasteiger partial charge on any atom is 0.308 e. The molecule has 0 aliphatic heterocycles. The Balaban J connectivity index is 1.94. The number of hydrogen-bond donors (Lipinski definition) is 1. The molecule has 0 amide bonds. The van der Waals surface area contributed by atoms with Crippen molar-refractivity contribution in [3.63, 3.8) is 0 Å². The highest BCUT2D eigenvalue weighted by Gasteiger charge is 2.10. The van der Waals surface area contributed by atoms with Crippen LogP contribution in [-0.2, 0) is 0 Å². The number of ether oxygens (including phenoxy) is 1. The molecule has 0 bridgehead atoms. The average Bonchev–Trinajstić information content (AvgIpc) is 2.99. The number of fused-ring (bicyclic) bond motifs is 2. The Morgan fingerprint density at radius 2 is 1.86 bits per heavy atom. The van der Waals surface area contributed by atoms with Gasteiger partial charge in [-0.2, -0.15) is 4.98 Å². The first-order valence-corrected chi connectivity index (χ1v) is 6.86. The van der Waals surface area contributed by atoms with Gasteiger partial charge in [0.1, 0.15) is 11.2 Å². The number of nitrogens with zero attached hydrogens (tertiary/aromatic N) is 2. The van der Waals surface area contributed by atoms with E-state index < -0.39 is 0 Å². The number of para-hydroxylation sites is 1. The summed E-state index contributed by atoms with van der Waals surface area (Å²) in [7, 11) is 1.63. The molecule has 108 valence electrons. The number of aromatic nitrogens is 2. The van der Waals surface area contributed by atoms with Gasteiger partial charge in [-0.3, -0.25) is 9.81 Å². The second-order valence-electron chi connectivity index (χ2n) is 4.95. The summed E-state index contributed by atoms with van der Waals surface area (Å²) in [6.07, 6.45) is 1.79. The molecule has 0 saturated carbocycles. The molecule has 2 aromatic carbocycles. The minimum Gasteiger partial charge on any atom is -0.497 e. The third kappa shape index (κ3) is 1.87. The summed E-state index contributed by atoms with van der Waals surface area (Å²) in [4.78, 5) is 4.47. The second-order valence-corrected chi connectivity index (χ2v) is 4.95. The Morgan fingerprint density at radius 1 is 1.09 bits per heavy atom.